The van der Waals surface area contributed by atoms with E-state index in [0.29, 0.717) is 12.6 Å². The third kappa shape index (κ3) is 4.65. The van der Waals surface area contributed by atoms with Crippen LogP contribution in [0.5, 0.6) is 0 Å². The Morgan fingerprint density at radius 1 is 1.18 bits per heavy atom. The number of amides is 2. The maximum absolute atomic E-state index is 12.4. The van der Waals surface area contributed by atoms with Gasteiger partial charge in [0, 0.05) is 38.4 Å². The highest BCUT2D eigenvalue weighted by Gasteiger charge is 2.23. The number of carbonyl (C=O) groups is 1. The molecule has 1 aliphatic rings. The van der Waals surface area contributed by atoms with Gasteiger partial charge in [-0.2, -0.15) is 0 Å². The normalized spacial score (nSPS) is 15.4. The molecule has 0 atom stereocenters. The van der Waals surface area contributed by atoms with Gasteiger partial charge in [-0.3, -0.25) is 0 Å². The third-order valence-electron chi connectivity index (χ3n) is 4.54. The summed E-state index contributed by atoms with van der Waals surface area (Å²) in [7, 11) is 2.06. The lowest BCUT2D eigenvalue weighted by molar-refractivity contribution is 0.160. The predicted molar refractivity (Wildman–Crippen MR) is 92.4 cm³/mol. The number of carbonyl (C=O) groups excluding carboxylic acids is 1. The molecule has 0 radical (unpaired) electrons. The zero-order valence-electron chi connectivity index (χ0n) is 13.9. The molecule has 0 bridgehead atoms. The van der Waals surface area contributed by atoms with E-state index < -0.39 is 0 Å². The molecule has 0 saturated heterocycles. The first-order chi connectivity index (χ1) is 10.7. The average molecular weight is 303 g/mol. The topological polar surface area (TPSA) is 35.6 Å². The first-order valence-corrected chi connectivity index (χ1v) is 8.53. The fourth-order valence-electron chi connectivity index (χ4n) is 3.20. The maximum Gasteiger partial charge on any atom is 0.317 e. The van der Waals surface area contributed by atoms with Gasteiger partial charge in [0.2, 0.25) is 0 Å². The SMILES string of the molecule is CCN(C(=O)NCCN(C)c1ccccc1)C1CCCCC1. The number of nitrogens with zero attached hydrogens (tertiary/aromatic N) is 2. The molecule has 1 aromatic rings. The highest BCUT2D eigenvalue weighted by molar-refractivity contribution is 5.74. The lowest BCUT2D eigenvalue weighted by atomic mass is 9.94. The minimum Gasteiger partial charge on any atom is -0.373 e. The van der Waals surface area contributed by atoms with Gasteiger partial charge >= 0.3 is 6.03 Å². The number of likely N-dealkylation sites (N-methyl/N-ethyl adjacent to an activating group) is 1. The summed E-state index contributed by atoms with van der Waals surface area (Å²) in [5.41, 5.74) is 1.18. The molecule has 4 heteroatoms. The largest absolute Gasteiger partial charge is 0.373 e. The second kappa shape index (κ2) is 8.66. The molecule has 0 heterocycles. The van der Waals surface area contributed by atoms with Gasteiger partial charge in [0.25, 0.3) is 0 Å². The Kier molecular flexibility index (Phi) is 6.56. The second-order valence-corrected chi connectivity index (χ2v) is 6.07. The number of anilines is 1. The number of rotatable bonds is 6. The van der Waals surface area contributed by atoms with Crippen LogP contribution >= 0.6 is 0 Å². The molecule has 1 aromatic carbocycles. The van der Waals surface area contributed by atoms with Crippen LogP contribution < -0.4 is 10.2 Å². The first-order valence-electron chi connectivity index (χ1n) is 8.53. The van der Waals surface area contributed by atoms with Gasteiger partial charge in [0.05, 0.1) is 0 Å². The molecule has 1 aliphatic carbocycles. The Labute approximate surface area is 134 Å². The minimum atomic E-state index is 0.0934. The maximum atomic E-state index is 12.4. The van der Waals surface area contributed by atoms with Gasteiger partial charge in [-0.05, 0) is 31.9 Å². The van der Waals surface area contributed by atoms with Crippen molar-refractivity contribution in [2.24, 2.45) is 0 Å². The average Bonchev–Trinajstić information content (AvgIpc) is 2.57. The molecule has 0 spiro atoms. The van der Waals surface area contributed by atoms with Crippen LogP contribution in [0, 0.1) is 0 Å². The molecule has 22 heavy (non-hydrogen) atoms. The molecule has 2 rings (SSSR count). The number of urea groups is 1. The Hall–Kier alpha value is -1.71. The summed E-state index contributed by atoms with van der Waals surface area (Å²) < 4.78 is 0. The van der Waals surface area contributed by atoms with E-state index in [4.69, 9.17) is 0 Å². The van der Waals surface area contributed by atoms with Crippen molar-refractivity contribution >= 4 is 11.7 Å². The van der Waals surface area contributed by atoms with E-state index in [0.717, 1.165) is 25.9 Å². The Morgan fingerprint density at radius 3 is 2.50 bits per heavy atom. The number of para-hydroxylation sites is 1. The molecular formula is C18H29N3O. The van der Waals surface area contributed by atoms with Crippen LogP contribution in [0.15, 0.2) is 30.3 Å². The Bertz CT molecular complexity index is 443. The zero-order chi connectivity index (χ0) is 15.8. The number of hydrogen-bond donors (Lipinski definition) is 1. The van der Waals surface area contributed by atoms with Crippen LogP contribution in [0.2, 0.25) is 0 Å². The summed E-state index contributed by atoms with van der Waals surface area (Å²) in [6.07, 6.45) is 6.14. The molecule has 0 unspecified atom stereocenters. The fourth-order valence-corrected chi connectivity index (χ4v) is 3.20. The van der Waals surface area contributed by atoms with E-state index in [-0.39, 0.29) is 6.03 Å². The van der Waals surface area contributed by atoms with Gasteiger partial charge in [-0.1, -0.05) is 37.5 Å². The van der Waals surface area contributed by atoms with E-state index in [2.05, 4.69) is 36.3 Å². The molecule has 0 aromatic heterocycles. The van der Waals surface area contributed by atoms with Crippen LogP contribution in [0.4, 0.5) is 10.5 Å². The smallest absolute Gasteiger partial charge is 0.317 e. The van der Waals surface area contributed by atoms with E-state index >= 15 is 0 Å². The molecule has 1 saturated carbocycles. The van der Waals surface area contributed by atoms with Crippen molar-refractivity contribution in [2.75, 3.05) is 31.6 Å². The molecule has 2 amide bonds. The van der Waals surface area contributed by atoms with E-state index in [1.54, 1.807) is 0 Å². The molecule has 1 fully saturated rings. The zero-order valence-corrected chi connectivity index (χ0v) is 13.9. The van der Waals surface area contributed by atoms with Crippen LogP contribution in [0.1, 0.15) is 39.0 Å². The van der Waals surface area contributed by atoms with Crippen LogP contribution in [0.25, 0.3) is 0 Å². The summed E-state index contributed by atoms with van der Waals surface area (Å²) in [5, 5.41) is 3.08. The van der Waals surface area contributed by atoms with Crippen molar-refractivity contribution in [1.29, 1.82) is 0 Å². The van der Waals surface area contributed by atoms with Crippen molar-refractivity contribution < 1.29 is 4.79 Å². The molecule has 1 N–H and O–H groups in total. The number of benzene rings is 1. The lowest BCUT2D eigenvalue weighted by Crippen LogP contribution is -2.48. The predicted octanol–water partition coefficient (Wildman–Crippen LogP) is 3.49. The van der Waals surface area contributed by atoms with Crippen molar-refractivity contribution in [3.63, 3.8) is 0 Å². The summed E-state index contributed by atoms with van der Waals surface area (Å²) in [6.45, 7) is 4.36. The lowest BCUT2D eigenvalue weighted by Gasteiger charge is -2.33. The van der Waals surface area contributed by atoms with Gasteiger partial charge in [0.1, 0.15) is 0 Å². The van der Waals surface area contributed by atoms with Gasteiger partial charge in [0.15, 0.2) is 0 Å². The first kappa shape index (κ1) is 16.7. The van der Waals surface area contributed by atoms with Crippen molar-refractivity contribution in [3.05, 3.63) is 30.3 Å². The van der Waals surface area contributed by atoms with E-state index in [1.807, 2.05) is 23.1 Å². The van der Waals surface area contributed by atoms with Crippen LogP contribution in [0.3, 0.4) is 0 Å². The Morgan fingerprint density at radius 2 is 1.86 bits per heavy atom. The minimum absolute atomic E-state index is 0.0934. The van der Waals surface area contributed by atoms with Crippen molar-refractivity contribution in [2.45, 2.75) is 45.1 Å². The highest BCUT2D eigenvalue weighted by atomic mass is 16.2. The number of nitrogens with one attached hydrogen (secondary N) is 1. The van der Waals surface area contributed by atoms with E-state index in [9.17, 15) is 4.79 Å². The summed E-state index contributed by atoms with van der Waals surface area (Å²) in [4.78, 5) is 16.6. The van der Waals surface area contributed by atoms with E-state index in [1.165, 1.54) is 24.9 Å². The van der Waals surface area contributed by atoms with Crippen LogP contribution in [-0.2, 0) is 0 Å². The Balaban J connectivity index is 1.76. The molecule has 122 valence electrons. The highest BCUT2D eigenvalue weighted by Crippen LogP contribution is 2.22. The summed E-state index contributed by atoms with van der Waals surface area (Å²) >= 11 is 0. The molecule has 0 aliphatic heterocycles. The van der Waals surface area contributed by atoms with Gasteiger partial charge in [-0.25, -0.2) is 4.79 Å². The fraction of sp³-hybridized carbons (Fsp3) is 0.611. The molecule has 4 nitrogen and oxygen atoms in total. The summed E-state index contributed by atoms with van der Waals surface area (Å²) in [6, 6.07) is 10.8. The van der Waals surface area contributed by atoms with Crippen molar-refractivity contribution in [1.82, 2.24) is 10.2 Å². The van der Waals surface area contributed by atoms with Gasteiger partial charge in [-0.15, -0.1) is 0 Å². The number of hydrogen-bond acceptors (Lipinski definition) is 2. The third-order valence-corrected chi connectivity index (χ3v) is 4.54. The quantitative estimate of drug-likeness (QED) is 0.873. The van der Waals surface area contributed by atoms with Gasteiger partial charge < -0.3 is 15.1 Å². The van der Waals surface area contributed by atoms with Crippen LogP contribution in [-0.4, -0.2) is 43.7 Å². The standard InChI is InChI=1S/C18H29N3O/c1-3-21(17-12-8-5-9-13-17)18(22)19-14-15-20(2)16-10-6-4-7-11-16/h4,6-7,10-11,17H,3,5,8-9,12-15H2,1-2H3,(H,19,22). The van der Waals surface area contributed by atoms with Crippen molar-refractivity contribution in [3.8, 4) is 0 Å². The second-order valence-electron chi connectivity index (χ2n) is 6.07. The monoisotopic (exact) mass is 303 g/mol. The molecular weight excluding hydrogens is 274 g/mol. The summed E-state index contributed by atoms with van der Waals surface area (Å²) in [5.74, 6) is 0.